The third-order valence-corrected chi connectivity index (χ3v) is 3.61. The average molecular weight is 215 g/mol. The van der Waals surface area contributed by atoms with Crippen molar-refractivity contribution in [1.82, 2.24) is 4.47 Å². The molecule has 0 radical (unpaired) electrons. The molecule has 5 heteroatoms. The molecular weight excluding hydrogens is 202 g/mol. The number of benzene rings is 1. The largest absolute Gasteiger partial charge is 0.288 e. The molecular formula is C9H13NO3S. The smallest absolute Gasteiger partial charge is 0.264 e. The summed E-state index contributed by atoms with van der Waals surface area (Å²) in [5, 5.41) is 0. The number of sulfonamides is 1. The maximum atomic E-state index is 11.7. The van der Waals surface area contributed by atoms with E-state index in [0.717, 1.165) is 10.0 Å². The Kier molecular flexibility index (Phi) is 3.25. The van der Waals surface area contributed by atoms with Gasteiger partial charge in [-0.15, -0.1) is 0 Å². The Morgan fingerprint density at radius 2 is 1.71 bits per heavy atom. The van der Waals surface area contributed by atoms with Gasteiger partial charge in [0.15, 0.2) is 0 Å². The molecule has 1 aromatic carbocycles. The highest BCUT2D eigenvalue weighted by Gasteiger charge is 2.19. The van der Waals surface area contributed by atoms with Gasteiger partial charge in [0.05, 0.1) is 12.0 Å². The van der Waals surface area contributed by atoms with Crippen LogP contribution in [0.3, 0.4) is 0 Å². The van der Waals surface area contributed by atoms with Crippen molar-refractivity contribution in [1.29, 1.82) is 0 Å². The maximum Gasteiger partial charge on any atom is 0.264 e. The first-order valence-corrected chi connectivity index (χ1v) is 5.52. The van der Waals surface area contributed by atoms with Gasteiger partial charge in [0.25, 0.3) is 10.0 Å². The van der Waals surface area contributed by atoms with Gasteiger partial charge in [-0.2, -0.15) is 0 Å². The molecule has 0 aliphatic carbocycles. The first-order chi connectivity index (χ1) is 6.48. The normalized spacial score (nSPS) is 12.0. The lowest BCUT2D eigenvalue weighted by Gasteiger charge is -2.13. The van der Waals surface area contributed by atoms with E-state index >= 15 is 0 Å². The van der Waals surface area contributed by atoms with Crippen LogP contribution in [-0.4, -0.2) is 27.0 Å². The molecule has 0 saturated carbocycles. The van der Waals surface area contributed by atoms with Gasteiger partial charge in [-0.3, -0.25) is 4.84 Å². The molecule has 0 atom stereocenters. The summed E-state index contributed by atoms with van der Waals surface area (Å²) in [5.41, 5.74) is 1.02. The molecule has 0 saturated heterocycles. The molecule has 78 valence electrons. The number of rotatable bonds is 3. The summed E-state index contributed by atoms with van der Waals surface area (Å²) in [6.45, 7) is 1.90. The fourth-order valence-corrected chi connectivity index (χ4v) is 1.93. The van der Waals surface area contributed by atoms with Crippen LogP contribution in [-0.2, 0) is 14.9 Å². The molecule has 14 heavy (non-hydrogen) atoms. The van der Waals surface area contributed by atoms with Gasteiger partial charge in [0.2, 0.25) is 0 Å². The molecule has 1 rings (SSSR count). The van der Waals surface area contributed by atoms with E-state index in [4.69, 9.17) is 0 Å². The van der Waals surface area contributed by atoms with E-state index in [0.29, 0.717) is 0 Å². The Bertz CT molecular complexity index is 397. The van der Waals surface area contributed by atoms with Crippen molar-refractivity contribution in [2.75, 3.05) is 14.2 Å². The van der Waals surface area contributed by atoms with Crippen LogP contribution in [0.25, 0.3) is 0 Å². The molecule has 0 heterocycles. The maximum absolute atomic E-state index is 11.7. The van der Waals surface area contributed by atoms with Crippen molar-refractivity contribution in [3.63, 3.8) is 0 Å². The van der Waals surface area contributed by atoms with Crippen molar-refractivity contribution in [3.05, 3.63) is 29.8 Å². The van der Waals surface area contributed by atoms with Crippen molar-refractivity contribution in [2.45, 2.75) is 11.8 Å². The van der Waals surface area contributed by atoms with Gasteiger partial charge >= 0.3 is 0 Å². The third-order valence-electron chi connectivity index (χ3n) is 1.91. The van der Waals surface area contributed by atoms with E-state index in [1.165, 1.54) is 14.2 Å². The van der Waals surface area contributed by atoms with Crippen LogP contribution in [0.4, 0.5) is 0 Å². The Labute approximate surface area is 84.1 Å². The second kappa shape index (κ2) is 4.08. The first-order valence-electron chi connectivity index (χ1n) is 4.08. The fourth-order valence-electron chi connectivity index (χ4n) is 0.957. The van der Waals surface area contributed by atoms with Crippen molar-refractivity contribution in [2.24, 2.45) is 0 Å². The summed E-state index contributed by atoms with van der Waals surface area (Å²) in [6, 6.07) is 6.60. The van der Waals surface area contributed by atoms with E-state index in [1.807, 2.05) is 6.92 Å². The standard InChI is InChI=1S/C9H13NO3S/c1-8-4-6-9(7-5-8)14(11,12)10(2)13-3/h4-7H,1-3H3. The van der Waals surface area contributed by atoms with Crippen LogP contribution in [0.1, 0.15) is 5.56 Å². The molecule has 0 spiro atoms. The number of hydrogen-bond donors (Lipinski definition) is 0. The summed E-state index contributed by atoms with van der Waals surface area (Å²) in [7, 11) is -0.827. The van der Waals surface area contributed by atoms with E-state index in [9.17, 15) is 8.42 Å². The van der Waals surface area contributed by atoms with Gasteiger partial charge in [0, 0.05) is 7.05 Å². The van der Waals surface area contributed by atoms with Crippen LogP contribution in [0.2, 0.25) is 0 Å². The predicted octanol–water partition coefficient (Wildman–Crippen LogP) is 1.18. The monoisotopic (exact) mass is 215 g/mol. The Morgan fingerprint density at radius 1 is 1.21 bits per heavy atom. The zero-order valence-electron chi connectivity index (χ0n) is 8.39. The van der Waals surface area contributed by atoms with Crippen molar-refractivity contribution >= 4 is 10.0 Å². The summed E-state index contributed by atoms with van der Waals surface area (Å²) in [6.07, 6.45) is 0. The van der Waals surface area contributed by atoms with Crippen LogP contribution in [0.15, 0.2) is 29.2 Å². The van der Waals surface area contributed by atoms with Crippen molar-refractivity contribution in [3.8, 4) is 0 Å². The topological polar surface area (TPSA) is 46.6 Å². The molecule has 4 nitrogen and oxygen atoms in total. The quantitative estimate of drug-likeness (QED) is 0.711. The van der Waals surface area contributed by atoms with Gasteiger partial charge in [0.1, 0.15) is 0 Å². The van der Waals surface area contributed by atoms with Crippen LogP contribution in [0, 0.1) is 6.92 Å². The molecule has 0 N–H and O–H groups in total. The van der Waals surface area contributed by atoms with Crippen molar-refractivity contribution < 1.29 is 13.3 Å². The third kappa shape index (κ3) is 2.12. The second-order valence-corrected chi connectivity index (χ2v) is 4.85. The number of hydrogen-bond acceptors (Lipinski definition) is 3. The summed E-state index contributed by atoms with van der Waals surface area (Å²) >= 11 is 0. The molecule has 1 aromatic rings. The molecule has 0 fully saturated rings. The summed E-state index contributed by atoms with van der Waals surface area (Å²) in [5.74, 6) is 0. The lowest BCUT2D eigenvalue weighted by molar-refractivity contribution is -0.0258. The Morgan fingerprint density at radius 3 is 2.14 bits per heavy atom. The van der Waals surface area contributed by atoms with Gasteiger partial charge in [-0.25, -0.2) is 8.42 Å². The average Bonchev–Trinajstić information content (AvgIpc) is 2.17. The van der Waals surface area contributed by atoms with Gasteiger partial charge < -0.3 is 0 Å². The van der Waals surface area contributed by atoms with Crippen LogP contribution >= 0.6 is 0 Å². The van der Waals surface area contributed by atoms with E-state index in [2.05, 4.69) is 4.84 Å². The second-order valence-electron chi connectivity index (χ2n) is 2.91. The molecule has 0 aliphatic heterocycles. The minimum absolute atomic E-state index is 0.229. The minimum atomic E-state index is -3.49. The van der Waals surface area contributed by atoms with E-state index in [1.54, 1.807) is 24.3 Å². The van der Waals surface area contributed by atoms with E-state index < -0.39 is 10.0 Å². The highest BCUT2D eigenvalue weighted by molar-refractivity contribution is 7.89. The highest BCUT2D eigenvalue weighted by Crippen LogP contribution is 2.14. The van der Waals surface area contributed by atoms with E-state index in [-0.39, 0.29) is 4.90 Å². The lowest BCUT2D eigenvalue weighted by atomic mass is 10.2. The first kappa shape index (κ1) is 11.2. The lowest BCUT2D eigenvalue weighted by Crippen LogP contribution is -2.25. The number of aryl methyl sites for hydroxylation is 1. The Balaban J connectivity index is 3.11. The SMILES string of the molecule is CON(C)S(=O)(=O)c1ccc(C)cc1. The van der Waals surface area contributed by atoms with Crippen LogP contribution < -0.4 is 0 Å². The summed E-state index contributed by atoms with van der Waals surface area (Å²) in [4.78, 5) is 4.87. The van der Waals surface area contributed by atoms with Gasteiger partial charge in [-0.1, -0.05) is 22.2 Å². The fraction of sp³-hybridized carbons (Fsp3) is 0.333. The zero-order chi connectivity index (χ0) is 10.8. The minimum Gasteiger partial charge on any atom is -0.288 e. The predicted molar refractivity (Wildman–Crippen MR) is 53.1 cm³/mol. The molecule has 0 aromatic heterocycles. The molecule has 0 amide bonds. The number of nitrogens with zero attached hydrogens (tertiary/aromatic N) is 1. The highest BCUT2D eigenvalue weighted by atomic mass is 32.2. The number of hydroxylamine groups is 1. The zero-order valence-corrected chi connectivity index (χ0v) is 9.21. The molecule has 0 bridgehead atoms. The Hall–Kier alpha value is -0.910. The summed E-state index contributed by atoms with van der Waals surface area (Å²) < 4.78 is 24.2. The van der Waals surface area contributed by atoms with Crippen LogP contribution in [0.5, 0.6) is 0 Å². The molecule has 0 unspecified atom stereocenters. The molecule has 0 aliphatic rings. The van der Waals surface area contributed by atoms with Gasteiger partial charge in [-0.05, 0) is 19.1 Å².